The van der Waals surface area contributed by atoms with Gasteiger partial charge in [-0.2, -0.15) is 13.2 Å². The molecule has 0 aliphatic rings. The van der Waals surface area contributed by atoms with E-state index in [4.69, 9.17) is 0 Å². The summed E-state index contributed by atoms with van der Waals surface area (Å²) in [5.74, 6) is -0.344. The number of imidazole rings is 1. The van der Waals surface area contributed by atoms with Crippen molar-refractivity contribution in [2.45, 2.75) is 6.18 Å². The first-order chi connectivity index (χ1) is 16.8. The minimum Gasteiger partial charge on any atom is -0.345 e. The number of aromatic amines is 1. The van der Waals surface area contributed by atoms with E-state index in [9.17, 15) is 22.8 Å². The van der Waals surface area contributed by atoms with Crippen LogP contribution in [-0.2, 0) is 11.0 Å². The Bertz CT molecular complexity index is 1380. The predicted molar refractivity (Wildman–Crippen MR) is 128 cm³/mol. The highest BCUT2D eigenvalue weighted by Crippen LogP contribution is 2.30. The molecule has 0 radical (unpaired) electrons. The number of hydrogen-bond acceptors (Lipinski definition) is 3. The van der Waals surface area contributed by atoms with Gasteiger partial charge in [-0.15, -0.1) is 0 Å². The number of alkyl halides is 3. The number of aromatic nitrogens is 2. The quantitative estimate of drug-likeness (QED) is 0.298. The SMILES string of the molecule is O=C(/C=C/c1cccc(C(=O)Nc2cccc(C(F)(F)F)c2)c1)Nc1ccccc1-c1ncc[nH]1. The highest BCUT2D eigenvalue weighted by Gasteiger charge is 2.30. The first-order valence-electron chi connectivity index (χ1n) is 10.5. The number of nitrogens with one attached hydrogen (secondary N) is 3. The monoisotopic (exact) mass is 476 g/mol. The van der Waals surface area contributed by atoms with Crippen molar-refractivity contribution in [3.8, 4) is 11.4 Å². The average molecular weight is 476 g/mol. The summed E-state index contributed by atoms with van der Waals surface area (Å²) in [4.78, 5) is 32.2. The lowest BCUT2D eigenvalue weighted by Gasteiger charge is -2.10. The van der Waals surface area contributed by atoms with E-state index in [0.29, 0.717) is 17.1 Å². The Hall–Kier alpha value is -4.66. The van der Waals surface area contributed by atoms with Gasteiger partial charge in [0.1, 0.15) is 5.82 Å². The van der Waals surface area contributed by atoms with Crippen molar-refractivity contribution in [1.29, 1.82) is 0 Å². The van der Waals surface area contributed by atoms with Crippen LogP contribution in [0.4, 0.5) is 24.5 Å². The first kappa shape index (κ1) is 23.5. The summed E-state index contributed by atoms with van der Waals surface area (Å²) in [6.07, 6.45) is 1.65. The Morgan fingerprint density at radius 1 is 0.914 bits per heavy atom. The van der Waals surface area contributed by atoms with Gasteiger partial charge in [0.2, 0.25) is 5.91 Å². The molecule has 0 bridgehead atoms. The molecule has 6 nitrogen and oxygen atoms in total. The van der Waals surface area contributed by atoms with Crippen molar-refractivity contribution >= 4 is 29.3 Å². The number of H-pyrrole nitrogens is 1. The fourth-order valence-electron chi connectivity index (χ4n) is 3.32. The summed E-state index contributed by atoms with van der Waals surface area (Å²) in [6, 6.07) is 18.0. The van der Waals surface area contributed by atoms with Crippen molar-refractivity contribution < 1.29 is 22.8 Å². The fourth-order valence-corrected chi connectivity index (χ4v) is 3.32. The molecule has 2 amide bonds. The Balaban J connectivity index is 1.44. The van der Waals surface area contributed by atoms with Gasteiger partial charge in [-0.1, -0.05) is 30.3 Å². The maximum absolute atomic E-state index is 12.9. The molecule has 176 valence electrons. The van der Waals surface area contributed by atoms with E-state index in [1.807, 2.05) is 12.1 Å². The highest BCUT2D eigenvalue weighted by molar-refractivity contribution is 6.06. The maximum atomic E-state index is 12.9. The number of carbonyl (C=O) groups excluding carboxylic acids is 2. The van der Waals surface area contributed by atoms with Crippen LogP contribution in [-0.4, -0.2) is 21.8 Å². The Morgan fingerprint density at radius 2 is 1.71 bits per heavy atom. The molecule has 0 aliphatic heterocycles. The standard InChI is InChI=1S/C26H19F3N4O2/c27-26(28,29)19-7-4-8-20(16-19)32-25(35)18-6-3-5-17(15-18)11-12-23(34)33-22-10-2-1-9-21(22)24-30-13-14-31-24/h1-16H,(H,30,31)(H,32,35)(H,33,34)/b12-11+. The maximum Gasteiger partial charge on any atom is 0.416 e. The normalized spacial score (nSPS) is 11.4. The molecule has 0 saturated carbocycles. The van der Waals surface area contributed by atoms with Crippen molar-refractivity contribution in [1.82, 2.24) is 9.97 Å². The molecule has 1 heterocycles. The number of amides is 2. The number of halogens is 3. The van der Waals surface area contributed by atoms with E-state index in [-0.39, 0.29) is 17.2 Å². The summed E-state index contributed by atoms with van der Waals surface area (Å²) < 4.78 is 38.7. The first-order valence-corrected chi connectivity index (χ1v) is 10.5. The van der Waals surface area contributed by atoms with Crippen LogP contribution >= 0.6 is 0 Å². The van der Waals surface area contributed by atoms with Gasteiger partial charge in [0.15, 0.2) is 0 Å². The molecule has 9 heteroatoms. The molecule has 0 atom stereocenters. The molecule has 0 saturated heterocycles. The molecule has 4 rings (SSSR count). The summed E-state index contributed by atoms with van der Waals surface area (Å²) >= 11 is 0. The third-order valence-electron chi connectivity index (χ3n) is 4.96. The topological polar surface area (TPSA) is 86.9 Å². The molecule has 0 spiro atoms. The van der Waals surface area contributed by atoms with Crippen LogP contribution in [0.15, 0.2) is 91.3 Å². The second-order valence-electron chi connectivity index (χ2n) is 7.46. The van der Waals surface area contributed by atoms with E-state index >= 15 is 0 Å². The summed E-state index contributed by atoms with van der Waals surface area (Å²) in [5.41, 5.74) is 1.27. The zero-order valence-electron chi connectivity index (χ0n) is 18.1. The Labute approximate surface area is 198 Å². The molecule has 0 aliphatic carbocycles. The number of rotatable bonds is 6. The van der Waals surface area contributed by atoms with Gasteiger partial charge < -0.3 is 15.6 Å². The predicted octanol–water partition coefficient (Wildman–Crippen LogP) is 6.00. The van der Waals surface area contributed by atoms with Gasteiger partial charge in [-0.05, 0) is 54.1 Å². The third kappa shape index (κ3) is 6.02. The molecule has 4 aromatic rings. The van der Waals surface area contributed by atoms with Gasteiger partial charge in [0.05, 0.1) is 11.3 Å². The van der Waals surface area contributed by atoms with E-state index in [2.05, 4.69) is 20.6 Å². The molecular weight excluding hydrogens is 457 g/mol. The van der Waals surface area contributed by atoms with Gasteiger partial charge in [0.25, 0.3) is 5.91 Å². The lowest BCUT2D eigenvalue weighted by molar-refractivity contribution is -0.137. The molecule has 0 fully saturated rings. The Kier molecular flexibility index (Phi) is 6.77. The fraction of sp³-hybridized carbons (Fsp3) is 0.0385. The highest BCUT2D eigenvalue weighted by atomic mass is 19.4. The minimum absolute atomic E-state index is 0.0281. The van der Waals surface area contributed by atoms with Crippen LogP contribution in [0.25, 0.3) is 17.5 Å². The van der Waals surface area contributed by atoms with E-state index in [0.717, 1.165) is 17.7 Å². The zero-order valence-corrected chi connectivity index (χ0v) is 18.1. The smallest absolute Gasteiger partial charge is 0.345 e. The molecule has 1 aromatic heterocycles. The summed E-state index contributed by atoms with van der Waals surface area (Å²) in [6.45, 7) is 0. The van der Waals surface area contributed by atoms with Crippen LogP contribution < -0.4 is 10.6 Å². The number of para-hydroxylation sites is 1. The lowest BCUT2D eigenvalue weighted by Crippen LogP contribution is -2.13. The number of nitrogens with zero attached hydrogens (tertiary/aromatic N) is 1. The van der Waals surface area contributed by atoms with Crippen LogP contribution in [0.2, 0.25) is 0 Å². The van der Waals surface area contributed by atoms with Crippen LogP contribution in [0.1, 0.15) is 21.5 Å². The zero-order chi connectivity index (χ0) is 24.8. The van der Waals surface area contributed by atoms with Gasteiger partial charge >= 0.3 is 6.18 Å². The van der Waals surface area contributed by atoms with Crippen molar-refractivity contribution in [3.63, 3.8) is 0 Å². The van der Waals surface area contributed by atoms with E-state index in [1.54, 1.807) is 36.7 Å². The van der Waals surface area contributed by atoms with Crippen LogP contribution in [0.3, 0.4) is 0 Å². The van der Waals surface area contributed by atoms with Gasteiger partial charge in [-0.25, -0.2) is 4.98 Å². The van der Waals surface area contributed by atoms with Crippen molar-refractivity contribution in [2.24, 2.45) is 0 Å². The molecule has 3 aromatic carbocycles. The molecule has 0 unspecified atom stereocenters. The molecule has 3 N–H and O–H groups in total. The number of carbonyl (C=O) groups is 2. The number of hydrogen-bond donors (Lipinski definition) is 3. The summed E-state index contributed by atoms with van der Waals surface area (Å²) in [7, 11) is 0. The van der Waals surface area contributed by atoms with Gasteiger partial charge in [-0.3, -0.25) is 9.59 Å². The summed E-state index contributed by atoms with van der Waals surface area (Å²) in [5, 5.41) is 5.26. The van der Waals surface area contributed by atoms with Crippen molar-refractivity contribution in [2.75, 3.05) is 10.6 Å². The van der Waals surface area contributed by atoms with Gasteiger partial charge in [0, 0.05) is 35.3 Å². The minimum atomic E-state index is -4.51. The van der Waals surface area contributed by atoms with Crippen LogP contribution in [0.5, 0.6) is 0 Å². The molecule has 35 heavy (non-hydrogen) atoms. The van der Waals surface area contributed by atoms with Crippen molar-refractivity contribution in [3.05, 3.63) is 108 Å². The number of benzene rings is 3. The average Bonchev–Trinajstić information content (AvgIpc) is 3.38. The van der Waals surface area contributed by atoms with E-state index < -0.39 is 17.6 Å². The Morgan fingerprint density at radius 3 is 2.49 bits per heavy atom. The number of anilines is 2. The third-order valence-corrected chi connectivity index (χ3v) is 4.96. The second-order valence-corrected chi connectivity index (χ2v) is 7.46. The largest absolute Gasteiger partial charge is 0.416 e. The second kappa shape index (κ2) is 10.1. The lowest BCUT2D eigenvalue weighted by atomic mass is 10.1. The molecular formula is C26H19F3N4O2. The van der Waals surface area contributed by atoms with Crippen LogP contribution in [0, 0.1) is 0 Å². The van der Waals surface area contributed by atoms with E-state index in [1.165, 1.54) is 36.4 Å².